The summed E-state index contributed by atoms with van der Waals surface area (Å²) in [5, 5.41) is 1.56. The van der Waals surface area contributed by atoms with E-state index in [4.69, 9.17) is 28.9 Å². The zero-order valence-electron chi connectivity index (χ0n) is 13.4. The maximum absolute atomic E-state index is 6.34. The third kappa shape index (κ3) is 4.15. The molecule has 0 saturated heterocycles. The Labute approximate surface area is 139 Å². The lowest BCUT2D eigenvalue weighted by molar-refractivity contribution is 0.0926. The highest BCUT2D eigenvalue weighted by Crippen LogP contribution is 2.47. The van der Waals surface area contributed by atoms with Gasteiger partial charge in [0.15, 0.2) is 0 Å². The van der Waals surface area contributed by atoms with Crippen LogP contribution in [0.3, 0.4) is 0 Å². The maximum atomic E-state index is 6.34. The summed E-state index contributed by atoms with van der Waals surface area (Å²) in [4.78, 5) is 0. The molecule has 0 bridgehead atoms. The number of nitrogens with two attached hydrogens (primary N) is 1. The Balaban J connectivity index is 2.12. The summed E-state index contributed by atoms with van der Waals surface area (Å²) in [5.41, 5.74) is 7.88. The predicted molar refractivity (Wildman–Crippen MR) is 93.1 cm³/mol. The molecular formula is C18H27Cl2N. The van der Waals surface area contributed by atoms with Crippen LogP contribution in [-0.2, 0) is 6.42 Å². The molecule has 0 aliphatic heterocycles. The highest BCUT2D eigenvalue weighted by molar-refractivity contribution is 6.33. The molecule has 0 heterocycles. The third-order valence-corrected chi connectivity index (χ3v) is 5.88. The molecule has 1 saturated carbocycles. The van der Waals surface area contributed by atoms with Crippen molar-refractivity contribution in [2.75, 3.05) is 6.54 Å². The van der Waals surface area contributed by atoms with Crippen molar-refractivity contribution < 1.29 is 0 Å². The Hall–Kier alpha value is -0.240. The largest absolute Gasteiger partial charge is 0.330 e. The molecule has 118 valence electrons. The number of rotatable bonds is 3. The van der Waals surface area contributed by atoms with E-state index in [1.807, 2.05) is 18.2 Å². The summed E-state index contributed by atoms with van der Waals surface area (Å²) in [6.45, 7) is 7.77. The zero-order chi connectivity index (χ0) is 15.7. The maximum Gasteiger partial charge on any atom is 0.0439 e. The molecule has 1 aromatic rings. The molecule has 1 aliphatic carbocycles. The van der Waals surface area contributed by atoms with Crippen LogP contribution in [0.4, 0.5) is 0 Å². The summed E-state index contributed by atoms with van der Waals surface area (Å²) in [7, 11) is 0. The quantitative estimate of drug-likeness (QED) is 0.755. The van der Waals surface area contributed by atoms with E-state index in [0.717, 1.165) is 34.5 Å². The third-order valence-electron chi connectivity index (χ3n) is 5.28. The Morgan fingerprint density at radius 2 is 1.81 bits per heavy atom. The van der Waals surface area contributed by atoms with E-state index >= 15 is 0 Å². The van der Waals surface area contributed by atoms with Crippen LogP contribution in [0.25, 0.3) is 0 Å². The number of halogens is 2. The zero-order valence-corrected chi connectivity index (χ0v) is 14.9. The van der Waals surface area contributed by atoms with E-state index in [0.29, 0.717) is 5.41 Å². The first-order valence-corrected chi connectivity index (χ1v) is 8.65. The molecule has 0 atom stereocenters. The minimum Gasteiger partial charge on any atom is -0.330 e. The Morgan fingerprint density at radius 3 is 2.33 bits per heavy atom. The fourth-order valence-electron chi connectivity index (χ4n) is 3.63. The van der Waals surface area contributed by atoms with Gasteiger partial charge in [0.05, 0.1) is 0 Å². The van der Waals surface area contributed by atoms with Crippen LogP contribution in [0.15, 0.2) is 18.2 Å². The first kappa shape index (κ1) is 17.1. The summed E-state index contributed by atoms with van der Waals surface area (Å²) >= 11 is 12.5. The first-order chi connectivity index (χ1) is 9.76. The average Bonchev–Trinajstić information content (AvgIpc) is 2.42. The second kappa shape index (κ2) is 6.48. The first-order valence-electron chi connectivity index (χ1n) is 7.90. The summed E-state index contributed by atoms with van der Waals surface area (Å²) in [6, 6.07) is 5.74. The Morgan fingerprint density at radius 1 is 1.19 bits per heavy atom. The van der Waals surface area contributed by atoms with Crippen LogP contribution in [0.1, 0.15) is 52.0 Å². The van der Waals surface area contributed by atoms with Crippen LogP contribution >= 0.6 is 23.2 Å². The summed E-state index contributed by atoms with van der Waals surface area (Å²) in [5.74, 6) is 0.798. The molecule has 1 aromatic carbocycles. The summed E-state index contributed by atoms with van der Waals surface area (Å²) in [6.07, 6.45) is 5.85. The van der Waals surface area contributed by atoms with Crippen molar-refractivity contribution in [3.8, 4) is 0 Å². The van der Waals surface area contributed by atoms with Crippen LogP contribution in [0.5, 0.6) is 0 Å². The normalized spacial score (nSPS) is 26.9. The second-order valence-corrected chi connectivity index (χ2v) is 8.60. The van der Waals surface area contributed by atoms with Crippen molar-refractivity contribution in [3.63, 3.8) is 0 Å². The Bertz CT molecular complexity index is 482. The fourth-order valence-corrected chi connectivity index (χ4v) is 4.01. The molecule has 1 fully saturated rings. The van der Waals surface area contributed by atoms with E-state index in [1.165, 1.54) is 25.7 Å². The molecule has 0 radical (unpaired) electrons. The lowest BCUT2D eigenvalue weighted by Gasteiger charge is -2.44. The van der Waals surface area contributed by atoms with Gasteiger partial charge in [-0.05, 0) is 79.2 Å². The average molecular weight is 328 g/mol. The molecule has 2 rings (SSSR count). The van der Waals surface area contributed by atoms with Crippen LogP contribution in [0.2, 0.25) is 10.0 Å². The van der Waals surface area contributed by atoms with Crippen LogP contribution in [0, 0.1) is 16.7 Å². The van der Waals surface area contributed by atoms with Crippen molar-refractivity contribution in [3.05, 3.63) is 33.8 Å². The van der Waals surface area contributed by atoms with Crippen molar-refractivity contribution in [1.82, 2.24) is 0 Å². The molecule has 1 aliphatic rings. The highest BCUT2D eigenvalue weighted by atomic mass is 35.5. The lowest BCUT2D eigenvalue weighted by atomic mass is 9.62. The van der Waals surface area contributed by atoms with Gasteiger partial charge < -0.3 is 5.73 Å². The van der Waals surface area contributed by atoms with E-state index in [1.54, 1.807) is 0 Å². The molecule has 0 aromatic heterocycles. The molecule has 0 unspecified atom stereocenters. The van der Waals surface area contributed by atoms with Gasteiger partial charge in [-0.3, -0.25) is 0 Å². The topological polar surface area (TPSA) is 26.0 Å². The monoisotopic (exact) mass is 327 g/mol. The van der Waals surface area contributed by atoms with Crippen molar-refractivity contribution in [1.29, 1.82) is 0 Å². The van der Waals surface area contributed by atoms with Gasteiger partial charge in [-0.25, -0.2) is 0 Å². The van der Waals surface area contributed by atoms with Crippen molar-refractivity contribution in [2.24, 2.45) is 22.5 Å². The van der Waals surface area contributed by atoms with E-state index in [9.17, 15) is 0 Å². The van der Waals surface area contributed by atoms with E-state index in [-0.39, 0.29) is 5.41 Å². The van der Waals surface area contributed by atoms with Gasteiger partial charge >= 0.3 is 0 Å². The predicted octanol–water partition coefficient (Wildman–Crippen LogP) is 5.72. The minimum atomic E-state index is 0.191. The Kier molecular flexibility index (Phi) is 5.28. The molecule has 2 N–H and O–H groups in total. The fraction of sp³-hybridized carbons (Fsp3) is 0.667. The van der Waals surface area contributed by atoms with Gasteiger partial charge in [-0.15, -0.1) is 0 Å². The van der Waals surface area contributed by atoms with Gasteiger partial charge in [0, 0.05) is 10.0 Å². The van der Waals surface area contributed by atoms with Gasteiger partial charge in [0.25, 0.3) is 0 Å². The highest BCUT2D eigenvalue weighted by Gasteiger charge is 2.38. The van der Waals surface area contributed by atoms with Gasteiger partial charge in [0.1, 0.15) is 0 Å². The number of benzene rings is 1. The molecule has 0 spiro atoms. The lowest BCUT2D eigenvalue weighted by Crippen LogP contribution is -2.39. The van der Waals surface area contributed by atoms with Gasteiger partial charge in [-0.2, -0.15) is 0 Å². The SMILES string of the molecule is CC(C)(C)C1CCC(CN)(Cc2cc(Cl)ccc2Cl)CC1. The van der Waals surface area contributed by atoms with Crippen molar-refractivity contribution >= 4 is 23.2 Å². The molecule has 1 nitrogen and oxygen atoms in total. The van der Waals surface area contributed by atoms with Gasteiger partial charge in [-0.1, -0.05) is 44.0 Å². The minimum absolute atomic E-state index is 0.191. The van der Waals surface area contributed by atoms with E-state index < -0.39 is 0 Å². The molecule has 0 amide bonds. The van der Waals surface area contributed by atoms with Gasteiger partial charge in [0.2, 0.25) is 0 Å². The number of hydrogen-bond acceptors (Lipinski definition) is 1. The standard InChI is InChI=1S/C18H27Cl2N/c1-17(2,3)14-6-8-18(12-21,9-7-14)11-13-10-15(19)4-5-16(13)20/h4-5,10,14H,6-9,11-12,21H2,1-3H3. The van der Waals surface area contributed by atoms with E-state index in [2.05, 4.69) is 20.8 Å². The second-order valence-electron chi connectivity index (χ2n) is 7.76. The summed E-state index contributed by atoms with van der Waals surface area (Å²) < 4.78 is 0. The number of hydrogen-bond donors (Lipinski definition) is 1. The smallest absolute Gasteiger partial charge is 0.0439 e. The van der Waals surface area contributed by atoms with Crippen LogP contribution in [-0.4, -0.2) is 6.54 Å². The van der Waals surface area contributed by atoms with Crippen molar-refractivity contribution in [2.45, 2.75) is 52.9 Å². The molecular weight excluding hydrogens is 301 g/mol. The van der Waals surface area contributed by atoms with Crippen LogP contribution < -0.4 is 5.73 Å². The molecule has 3 heteroatoms. The molecule has 21 heavy (non-hydrogen) atoms.